The van der Waals surface area contributed by atoms with Gasteiger partial charge >= 0.3 is 6.03 Å². The predicted octanol–water partition coefficient (Wildman–Crippen LogP) is 5.78. The molecule has 198 valence electrons. The number of likely N-dealkylation sites (tertiary alicyclic amines) is 1. The molecule has 9 heteroatoms. The van der Waals surface area contributed by atoms with Crippen molar-refractivity contribution in [1.29, 1.82) is 0 Å². The number of piperidine rings is 1. The van der Waals surface area contributed by atoms with E-state index in [1.165, 1.54) is 18.4 Å². The van der Waals surface area contributed by atoms with Crippen molar-refractivity contribution in [2.75, 3.05) is 39.7 Å². The highest BCUT2D eigenvalue weighted by Gasteiger charge is 2.35. The van der Waals surface area contributed by atoms with Crippen LogP contribution in [0.5, 0.6) is 17.2 Å². The average Bonchev–Trinajstić information content (AvgIpc) is 3.33. The number of methoxy groups -OCH3 is 3. The molecule has 1 heterocycles. The summed E-state index contributed by atoms with van der Waals surface area (Å²) < 4.78 is 16.1. The van der Waals surface area contributed by atoms with Gasteiger partial charge < -0.3 is 24.8 Å². The summed E-state index contributed by atoms with van der Waals surface area (Å²) >= 11 is 6.02. The van der Waals surface area contributed by atoms with Gasteiger partial charge in [-0.2, -0.15) is 0 Å². The molecule has 2 aromatic carbocycles. The molecule has 4 rings (SSSR count). The quantitative estimate of drug-likeness (QED) is 0.446. The topological polar surface area (TPSA) is 72.1 Å². The van der Waals surface area contributed by atoms with Crippen molar-refractivity contribution in [3.05, 3.63) is 47.0 Å². The van der Waals surface area contributed by atoms with Crippen molar-refractivity contribution < 1.29 is 19.0 Å². The van der Waals surface area contributed by atoms with Crippen molar-refractivity contribution in [3.63, 3.8) is 0 Å². The van der Waals surface area contributed by atoms with Crippen LogP contribution in [-0.4, -0.2) is 57.4 Å². The number of anilines is 1. The summed E-state index contributed by atoms with van der Waals surface area (Å²) in [5, 5.41) is 6.94. The molecule has 2 aromatic rings. The van der Waals surface area contributed by atoms with Gasteiger partial charge in [0.1, 0.15) is 0 Å². The Balaban J connectivity index is 0.00000361. The van der Waals surface area contributed by atoms with Gasteiger partial charge in [-0.3, -0.25) is 4.90 Å². The normalized spacial score (nSPS) is 20.3. The Hall–Kier alpha value is -2.35. The number of carbonyl (C=O) groups is 1. The van der Waals surface area contributed by atoms with Crippen molar-refractivity contribution >= 4 is 35.7 Å². The van der Waals surface area contributed by atoms with Crippen LogP contribution in [0.25, 0.3) is 0 Å². The number of ether oxygens (including phenoxy) is 3. The standard InChI is InChI=1S/C27H36ClN3O4.ClH/c1-33-24-16-21(17-25(34-2)26(24)35-3)29-27(32)30-22-5-4-6-23(22)31-13-11-19(12-14-31)15-18-7-9-20(28)10-8-18;/h7-10,16-17,19,22-23H,4-6,11-15H2,1-3H3,(H2,29,30,32);1H/t22-,23+;/m1./s1. The SMILES string of the molecule is COc1cc(NC(=O)N[C@@H]2CCC[C@@H]2N2CCC(Cc3ccc(Cl)cc3)CC2)cc(OC)c1OC.Cl. The van der Waals surface area contributed by atoms with E-state index in [0.29, 0.717) is 34.9 Å². The van der Waals surface area contributed by atoms with Gasteiger partial charge in [-0.1, -0.05) is 23.7 Å². The summed E-state index contributed by atoms with van der Waals surface area (Å²) in [4.78, 5) is 15.4. The fourth-order valence-electron chi connectivity index (χ4n) is 5.48. The Labute approximate surface area is 225 Å². The minimum absolute atomic E-state index is 0. The minimum Gasteiger partial charge on any atom is -0.493 e. The molecular formula is C27H37Cl2N3O4. The van der Waals surface area contributed by atoms with Gasteiger partial charge in [0, 0.05) is 29.2 Å². The molecule has 1 saturated carbocycles. The van der Waals surface area contributed by atoms with Gasteiger partial charge in [0.15, 0.2) is 11.5 Å². The second-order valence-electron chi connectivity index (χ2n) is 9.43. The molecule has 2 atom stereocenters. The van der Waals surface area contributed by atoms with E-state index in [9.17, 15) is 4.79 Å². The summed E-state index contributed by atoms with van der Waals surface area (Å²) in [6, 6.07) is 12.0. The number of hydrogen-bond acceptors (Lipinski definition) is 5. The van der Waals surface area contributed by atoms with Gasteiger partial charge in [0.2, 0.25) is 5.75 Å². The zero-order chi connectivity index (χ0) is 24.8. The van der Waals surface area contributed by atoms with E-state index in [0.717, 1.165) is 43.8 Å². The maximum Gasteiger partial charge on any atom is 0.319 e. The van der Waals surface area contributed by atoms with E-state index < -0.39 is 0 Å². The highest BCUT2D eigenvalue weighted by molar-refractivity contribution is 6.30. The maximum atomic E-state index is 12.9. The number of nitrogens with zero attached hydrogens (tertiary/aromatic N) is 1. The number of rotatable bonds is 8. The number of amides is 2. The molecule has 2 aliphatic rings. The molecule has 0 spiro atoms. The predicted molar refractivity (Wildman–Crippen MR) is 146 cm³/mol. The zero-order valence-corrected chi connectivity index (χ0v) is 22.8. The lowest BCUT2D eigenvalue weighted by Gasteiger charge is -2.38. The highest BCUT2D eigenvalue weighted by Crippen LogP contribution is 2.40. The smallest absolute Gasteiger partial charge is 0.319 e. The molecule has 0 aromatic heterocycles. The summed E-state index contributed by atoms with van der Waals surface area (Å²) in [7, 11) is 4.67. The van der Waals surface area contributed by atoms with Gasteiger partial charge in [0.05, 0.1) is 27.0 Å². The Morgan fingerprint density at radius 1 is 0.972 bits per heavy atom. The number of hydrogen-bond donors (Lipinski definition) is 2. The molecule has 1 saturated heterocycles. The Kier molecular flexibility index (Phi) is 10.4. The fourth-order valence-corrected chi connectivity index (χ4v) is 5.60. The lowest BCUT2D eigenvalue weighted by atomic mass is 9.89. The third kappa shape index (κ3) is 6.90. The number of nitrogens with one attached hydrogen (secondary N) is 2. The lowest BCUT2D eigenvalue weighted by Crippen LogP contribution is -2.52. The number of carbonyl (C=O) groups excluding carboxylic acids is 1. The molecule has 7 nitrogen and oxygen atoms in total. The Morgan fingerprint density at radius 2 is 1.61 bits per heavy atom. The lowest BCUT2D eigenvalue weighted by molar-refractivity contribution is 0.119. The maximum absolute atomic E-state index is 12.9. The van der Waals surface area contributed by atoms with E-state index >= 15 is 0 Å². The number of benzene rings is 2. The van der Waals surface area contributed by atoms with Crippen molar-refractivity contribution in [3.8, 4) is 17.2 Å². The first-order chi connectivity index (χ1) is 17.0. The van der Waals surface area contributed by atoms with Crippen LogP contribution in [0, 0.1) is 5.92 Å². The van der Waals surface area contributed by atoms with Crippen LogP contribution >= 0.6 is 24.0 Å². The molecule has 0 unspecified atom stereocenters. The molecule has 1 aliphatic carbocycles. The summed E-state index contributed by atoms with van der Waals surface area (Å²) in [6.07, 6.45) is 6.72. The molecule has 2 N–H and O–H groups in total. The van der Waals surface area contributed by atoms with Crippen LogP contribution in [0.4, 0.5) is 10.5 Å². The first-order valence-electron chi connectivity index (χ1n) is 12.4. The minimum atomic E-state index is -0.214. The van der Waals surface area contributed by atoms with Crippen molar-refractivity contribution in [2.24, 2.45) is 5.92 Å². The zero-order valence-electron chi connectivity index (χ0n) is 21.2. The monoisotopic (exact) mass is 537 g/mol. The van der Waals surface area contributed by atoms with Crippen LogP contribution in [0.15, 0.2) is 36.4 Å². The first kappa shape index (κ1) is 28.2. The molecule has 2 amide bonds. The van der Waals surface area contributed by atoms with Gasteiger partial charge in [-0.25, -0.2) is 4.79 Å². The summed E-state index contributed by atoms with van der Waals surface area (Å²) in [5.74, 6) is 2.20. The molecule has 0 bridgehead atoms. The fraction of sp³-hybridized carbons (Fsp3) is 0.519. The summed E-state index contributed by atoms with van der Waals surface area (Å²) in [5.41, 5.74) is 1.95. The van der Waals surface area contributed by atoms with Gasteiger partial charge in [-0.05, 0) is 75.2 Å². The molecule has 2 fully saturated rings. The summed E-state index contributed by atoms with van der Waals surface area (Å²) in [6.45, 7) is 2.16. The van der Waals surface area contributed by atoms with E-state index in [4.69, 9.17) is 25.8 Å². The molecule has 0 radical (unpaired) electrons. The van der Waals surface area contributed by atoms with Crippen LogP contribution in [-0.2, 0) is 6.42 Å². The van der Waals surface area contributed by atoms with Crippen molar-refractivity contribution in [2.45, 2.75) is 50.6 Å². The third-order valence-corrected chi connectivity index (χ3v) is 7.53. The van der Waals surface area contributed by atoms with E-state index in [2.05, 4.69) is 27.7 Å². The Bertz CT molecular complexity index is 972. The van der Waals surface area contributed by atoms with E-state index in [1.807, 2.05) is 12.1 Å². The van der Waals surface area contributed by atoms with E-state index in [-0.39, 0.29) is 24.5 Å². The van der Waals surface area contributed by atoms with Gasteiger partial charge in [-0.15, -0.1) is 12.4 Å². The second-order valence-corrected chi connectivity index (χ2v) is 9.86. The van der Waals surface area contributed by atoms with Crippen LogP contribution in [0.2, 0.25) is 5.02 Å². The van der Waals surface area contributed by atoms with Crippen LogP contribution < -0.4 is 24.8 Å². The van der Waals surface area contributed by atoms with Crippen LogP contribution in [0.1, 0.15) is 37.7 Å². The third-order valence-electron chi connectivity index (χ3n) is 7.27. The molecular weight excluding hydrogens is 501 g/mol. The van der Waals surface area contributed by atoms with Crippen LogP contribution in [0.3, 0.4) is 0 Å². The first-order valence-corrected chi connectivity index (χ1v) is 12.7. The Morgan fingerprint density at radius 3 is 2.19 bits per heavy atom. The number of urea groups is 1. The van der Waals surface area contributed by atoms with Crippen molar-refractivity contribution in [1.82, 2.24) is 10.2 Å². The highest BCUT2D eigenvalue weighted by atomic mass is 35.5. The average molecular weight is 539 g/mol. The molecule has 36 heavy (non-hydrogen) atoms. The number of halogens is 2. The molecule has 1 aliphatic heterocycles. The van der Waals surface area contributed by atoms with Gasteiger partial charge in [0.25, 0.3) is 0 Å². The van der Waals surface area contributed by atoms with E-state index in [1.54, 1.807) is 33.5 Å². The second kappa shape index (κ2) is 13.3. The largest absolute Gasteiger partial charge is 0.493 e.